The standard InChI is InChI=1S/C19H28N2O3/c1-14-11-20(12-15(2)24-14)13-17-7-5-9-21(17)19(22)16-6-4-8-18(10-16)23-3/h4,6,8,10,14-15,17H,5,7,9,11-13H2,1-3H3/t14-,15-,17+/m0/s1. The number of nitrogens with zero attached hydrogens (tertiary/aromatic N) is 2. The molecule has 0 N–H and O–H groups in total. The minimum Gasteiger partial charge on any atom is -0.497 e. The van der Waals surface area contributed by atoms with Gasteiger partial charge in [0.15, 0.2) is 0 Å². The Labute approximate surface area is 144 Å². The van der Waals surface area contributed by atoms with Crippen molar-refractivity contribution in [2.24, 2.45) is 0 Å². The van der Waals surface area contributed by atoms with Crippen LogP contribution < -0.4 is 4.74 Å². The third kappa shape index (κ3) is 3.90. The zero-order valence-corrected chi connectivity index (χ0v) is 14.9. The molecule has 1 amide bonds. The molecule has 2 saturated heterocycles. The first-order valence-electron chi connectivity index (χ1n) is 8.89. The number of ether oxygens (including phenoxy) is 2. The molecule has 0 bridgehead atoms. The van der Waals surface area contributed by atoms with E-state index in [4.69, 9.17) is 9.47 Å². The lowest BCUT2D eigenvalue weighted by Crippen LogP contribution is -2.50. The smallest absolute Gasteiger partial charge is 0.254 e. The number of methoxy groups -OCH3 is 1. The second-order valence-corrected chi connectivity index (χ2v) is 7.00. The first kappa shape index (κ1) is 17.2. The molecule has 24 heavy (non-hydrogen) atoms. The summed E-state index contributed by atoms with van der Waals surface area (Å²) in [5.74, 6) is 0.846. The SMILES string of the molecule is COc1cccc(C(=O)N2CCC[C@@H]2CN2C[C@H](C)O[C@@H](C)C2)c1. The quantitative estimate of drug-likeness (QED) is 0.849. The van der Waals surface area contributed by atoms with Gasteiger partial charge < -0.3 is 14.4 Å². The van der Waals surface area contributed by atoms with E-state index < -0.39 is 0 Å². The summed E-state index contributed by atoms with van der Waals surface area (Å²) >= 11 is 0. The lowest BCUT2D eigenvalue weighted by molar-refractivity contribution is -0.0715. The first-order chi connectivity index (χ1) is 11.6. The van der Waals surface area contributed by atoms with E-state index >= 15 is 0 Å². The van der Waals surface area contributed by atoms with Crippen LogP contribution in [0.4, 0.5) is 0 Å². The summed E-state index contributed by atoms with van der Waals surface area (Å²) in [7, 11) is 1.63. The molecular weight excluding hydrogens is 304 g/mol. The summed E-state index contributed by atoms with van der Waals surface area (Å²) in [5, 5.41) is 0. The highest BCUT2D eigenvalue weighted by Gasteiger charge is 2.32. The fraction of sp³-hybridized carbons (Fsp3) is 0.632. The lowest BCUT2D eigenvalue weighted by Gasteiger charge is -2.38. The predicted molar refractivity (Wildman–Crippen MR) is 93.5 cm³/mol. The highest BCUT2D eigenvalue weighted by molar-refractivity contribution is 5.95. The molecule has 0 aliphatic carbocycles. The van der Waals surface area contributed by atoms with Crippen molar-refractivity contribution in [1.82, 2.24) is 9.80 Å². The maximum absolute atomic E-state index is 12.9. The zero-order valence-electron chi connectivity index (χ0n) is 14.9. The summed E-state index contributed by atoms with van der Waals surface area (Å²) in [4.78, 5) is 17.4. The largest absolute Gasteiger partial charge is 0.497 e. The van der Waals surface area contributed by atoms with Gasteiger partial charge in [-0.1, -0.05) is 6.07 Å². The Hall–Kier alpha value is -1.59. The highest BCUT2D eigenvalue weighted by Crippen LogP contribution is 2.24. The Morgan fingerprint density at radius 2 is 2.04 bits per heavy atom. The van der Waals surface area contributed by atoms with Crippen LogP contribution in [0.3, 0.4) is 0 Å². The third-order valence-corrected chi connectivity index (χ3v) is 4.92. The lowest BCUT2D eigenvalue weighted by atomic mass is 10.1. The summed E-state index contributed by atoms with van der Waals surface area (Å²) in [6.45, 7) is 7.92. The molecule has 0 saturated carbocycles. The Morgan fingerprint density at radius 3 is 2.75 bits per heavy atom. The monoisotopic (exact) mass is 332 g/mol. The number of amides is 1. The van der Waals surface area contributed by atoms with E-state index in [1.807, 2.05) is 29.2 Å². The molecule has 5 heteroatoms. The maximum atomic E-state index is 12.9. The van der Waals surface area contributed by atoms with E-state index in [0.29, 0.717) is 11.6 Å². The number of morpholine rings is 1. The molecule has 0 radical (unpaired) electrons. The van der Waals surface area contributed by atoms with Crippen LogP contribution in [-0.2, 0) is 4.74 Å². The van der Waals surface area contributed by atoms with Gasteiger partial charge in [0.25, 0.3) is 5.91 Å². The molecule has 2 aliphatic rings. The Morgan fingerprint density at radius 1 is 1.29 bits per heavy atom. The van der Waals surface area contributed by atoms with Gasteiger partial charge in [-0.3, -0.25) is 9.69 Å². The molecule has 2 fully saturated rings. The normalized spacial score (nSPS) is 28.1. The molecule has 1 aromatic rings. The number of hydrogen-bond acceptors (Lipinski definition) is 4. The van der Waals surface area contributed by atoms with Crippen molar-refractivity contribution in [1.29, 1.82) is 0 Å². The fourth-order valence-electron chi connectivity index (χ4n) is 3.95. The average Bonchev–Trinajstić information content (AvgIpc) is 3.01. The van der Waals surface area contributed by atoms with Gasteiger partial charge >= 0.3 is 0 Å². The second kappa shape index (κ2) is 7.53. The zero-order chi connectivity index (χ0) is 17.1. The van der Waals surface area contributed by atoms with Gasteiger partial charge in [0.1, 0.15) is 5.75 Å². The van der Waals surface area contributed by atoms with Crippen LogP contribution in [0.15, 0.2) is 24.3 Å². The molecule has 2 aliphatic heterocycles. The van der Waals surface area contributed by atoms with E-state index in [0.717, 1.165) is 44.8 Å². The summed E-state index contributed by atoms with van der Waals surface area (Å²) in [6, 6.07) is 7.74. The summed E-state index contributed by atoms with van der Waals surface area (Å²) < 4.78 is 11.1. The van der Waals surface area contributed by atoms with E-state index in [1.165, 1.54) is 0 Å². The van der Waals surface area contributed by atoms with Gasteiger partial charge in [0.2, 0.25) is 0 Å². The first-order valence-corrected chi connectivity index (χ1v) is 8.89. The van der Waals surface area contributed by atoms with E-state index in [2.05, 4.69) is 18.7 Å². The van der Waals surface area contributed by atoms with Crippen LogP contribution in [0.2, 0.25) is 0 Å². The van der Waals surface area contributed by atoms with Crippen LogP contribution in [0.1, 0.15) is 37.0 Å². The predicted octanol–water partition coefficient (Wildman–Crippen LogP) is 2.41. The summed E-state index contributed by atoms with van der Waals surface area (Å²) in [6.07, 6.45) is 2.68. The van der Waals surface area contributed by atoms with Crippen LogP contribution >= 0.6 is 0 Å². The molecule has 132 valence electrons. The fourth-order valence-corrected chi connectivity index (χ4v) is 3.95. The molecule has 2 heterocycles. The molecule has 3 atom stereocenters. The van der Waals surface area contributed by atoms with Gasteiger partial charge in [0.05, 0.1) is 19.3 Å². The number of rotatable bonds is 4. The molecule has 0 spiro atoms. The number of benzene rings is 1. The van der Waals surface area contributed by atoms with Crippen molar-refractivity contribution >= 4 is 5.91 Å². The van der Waals surface area contributed by atoms with Crippen LogP contribution in [0.25, 0.3) is 0 Å². The van der Waals surface area contributed by atoms with Crippen molar-refractivity contribution in [3.63, 3.8) is 0 Å². The van der Waals surface area contributed by atoms with Crippen LogP contribution in [-0.4, -0.2) is 67.2 Å². The van der Waals surface area contributed by atoms with Gasteiger partial charge in [-0.25, -0.2) is 0 Å². The number of hydrogen-bond donors (Lipinski definition) is 0. The third-order valence-electron chi connectivity index (χ3n) is 4.92. The number of carbonyl (C=O) groups is 1. The van der Waals surface area contributed by atoms with E-state index in [-0.39, 0.29) is 18.1 Å². The molecular formula is C19H28N2O3. The van der Waals surface area contributed by atoms with Crippen molar-refractivity contribution in [3.05, 3.63) is 29.8 Å². The van der Waals surface area contributed by atoms with Crippen LogP contribution in [0.5, 0.6) is 5.75 Å². The minimum atomic E-state index is 0.116. The van der Waals surface area contributed by atoms with Gasteiger partial charge in [0, 0.05) is 37.8 Å². The average molecular weight is 332 g/mol. The molecule has 3 rings (SSSR count). The number of likely N-dealkylation sites (tertiary alicyclic amines) is 1. The second-order valence-electron chi connectivity index (χ2n) is 7.00. The molecule has 0 aromatic heterocycles. The summed E-state index contributed by atoms with van der Waals surface area (Å²) in [5.41, 5.74) is 0.713. The van der Waals surface area contributed by atoms with Gasteiger partial charge in [-0.2, -0.15) is 0 Å². The van der Waals surface area contributed by atoms with Crippen molar-refractivity contribution in [2.75, 3.05) is 33.3 Å². The Kier molecular flexibility index (Phi) is 5.41. The molecule has 1 aromatic carbocycles. The topological polar surface area (TPSA) is 42.0 Å². The van der Waals surface area contributed by atoms with E-state index in [9.17, 15) is 4.79 Å². The minimum absolute atomic E-state index is 0.116. The van der Waals surface area contributed by atoms with Gasteiger partial charge in [-0.15, -0.1) is 0 Å². The molecule has 5 nitrogen and oxygen atoms in total. The van der Waals surface area contributed by atoms with Gasteiger partial charge in [-0.05, 0) is 44.9 Å². The van der Waals surface area contributed by atoms with Crippen LogP contribution in [0, 0.1) is 0 Å². The molecule has 0 unspecified atom stereocenters. The highest BCUT2D eigenvalue weighted by atomic mass is 16.5. The maximum Gasteiger partial charge on any atom is 0.254 e. The van der Waals surface area contributed by atoms with Crippen molar-refractivity contribution in [3.8, 4) is 5.75 Å². The van der Waals surface area contributed by atoms with Crippen molar-refractivity contribution < 1.29 is 14.3 Å². The Bertz CT molecular complexity index is 567. The van der Waals surface area contributed by atoms with Crippen molar-refractivity contribution in [2.45, 2.75) is 44.9 Å². The Balaban J connectivity index is 1.67. The van der Waals surface area contributed by atoms with E-state index in [1.54, 1.807) is 7.11 Å². The number of carbonyl (C=O) groups excluding carboxylic acids is 1.